The first kappa shape index (κ1) is 12.1. The molecule has 4 nitrogen and oxygen atoms in total. The summed E-state index contributed by atoms with van der Waals surface area (Å²) in [4.78, 5) is 0.229. The Hall–Kier alpha value is -1.33. The highest BCUT2D eigenvalue weighted by Crippen LogP contribution is 2.27. The van der Waals surface area contributed by atoms with Crippen LogP contribution in [0.3, 0.4) is 0 Å². The van der Waals surface area contributed by atoms with Crippen LogP contribution in [0.2, 0.25) is 5.02 Å². The third-order valence-electron chi connectivity index (χ3n) is 2.14. The number of halogens is 1. The van der Waals surface area contributed by atoms with Gasteiger partial charge in [0.25, 0.3) is 10.7 Å². The highest BCUT2D eigenvalue weighted by atomic mass is 35.5. The predicted octanol–water partition coefficient (Wildman–Crippen LogP) is 3.70. The molecule has 0 aliphatic rings. The summed E-state index contributed by atoms with van der Waals surface area (Å²) in [5.74, 6) is 1.08. The molecular formula is C11H11ClN2O2S. The van der Waals surface area contributed by atoms with Crippen molar-refractivity contribution in [1.82, 2.24) is 10.2 Å². The van der Waals surface area contributed by atoms with Crippen molar-refractivity contribution < 1.29 is 9.15 Å². The number of hydrogen-bond acceptors (Lipinski definition) is 4. The summed E-state index contributed by atoms with van der Waals surface area (Å²) < 4.78 is 11.0. The Morgan fingerprint density at radius 3 is 2.53 bits per heavy atom. The van der Waals surface area contributed by atoms with E-state index in [0.29, 0.717) is 16.7 Å². The van der Waals surface area contributed by atoms with Crippen molar-refractivity contribution in [3.05, 3.63) is 40.0 Å². The van der Waals surface area contributed by atoms with E-state index in [1.165, 1.54) is 0 Å². The summed E-state index contributed by atoms with van der Waals surface area (Å²) in [6.45, 7) is 3.69. The molecule has 0 unspecified atom stereocenters. The Kier molecular flexibility index (Phi) is 3.22. The lowest BCUT2D eigenvalue weighted by Crippen LogP contribution is -2.25. The molecule has 0 saturated heterocycles. The van der Waals surface area contributed by atoms with Gasteiger partial charge in [-0.25, -0.2) is 5.10 Å². The lowest BCUT2D eigenvalue weighted by atomic mass is 10.1. The molecule has 6 heteroatoms. The fourth-order valence-electron chi connectivity index (χ4n) is 1.33. The van der Waals surface area contributed by atoms with Crippen molar-refractivity contribution >= 4 is 23.8 Å². The minimum absolute atomic E-state index is 0.229. The first-order chi connectivity index (χ1) is 7.97. The zero-order valence-corrected chi connectivity index (χ0v) is 10.9. The molecule has 2 rings (SSSR count). The zero-order chi connectivity index (χ0) is 12.5. The van der Waals surface area contributed by atoms with E-state index in [1.54, 1.807) is 24.3 Å². The topological polar surface area (TPSA) is 51.0 Å². The summed E-state index contributed by atoms with van der Waals surface area (Å²) in [6.07, 6.45) is 0. The first-order valence-corrected chi connectivity index (χ1v) is 5.76. The quantitative estimate of drug-likeness (QED) is 0.864. The summed E-state index contributed by atoms with van der Waals surface area (Å²) in [6, 6.07) is 7.08. The Bertz CT molecular complexity index is 559. The van der Waals surface area contributed by atoms with Crippen LogP contribution in [0.5, 0.6) is 5.75 Å². The number of H-pyrrole nitrogens is 1. The molecular weight excluding hydrogens is 260 g/mol. The van der Waals surface area contributed by atoms with Crippen LogP contribution in [0.4, 0.5) is 0 Å². The van der Waals surface area contributed by atoms with Crippen LogP contribution in [0, 0.1) is 4.84 Å². The molecule has 1 heterocycles. The highest BCUT2D eigenvalue weighted by molar-refractivity contribution is 7.71. The van der Waals surface area contributed by atoms with Crippen LogP contribution in [0.15, 0.2) is 28.7 Å². The zero-order valence-electron chi connectivity index (χ0n) is 9.36. The van der Waals surface area contributed by atoms with Gasteiger partial charge in [-0.05, 0) is 50.3 Å². The molecule has 1 aromatic carbocycles. The normalized spacial score (nSPS) is 11.5. The lowest BCUT2D eigenvalue weighted by Gasteiger charge is -2.22. The molecule has 0 atom stereocenters. The van der Waals surface area contributed by atoms with Crippen LogP contribution in [-0.2, 0) is 5.60 Å². The maximum atomic E-state index is 5.80. The molecule has 90 valence electrons. The van der Waals surface area contributed by atoms with Gasteiger partial charge in [-0.1, -0.05) is 11.6 Å². The van der Waals surface area contributed by atoms with Crippen molar-refractivity contribution in [3.8, 4) is 5.75 Å². The largest absolute Gasteiger partial charge is 0.478 e. The van der Waals surface area contributed by atoms with E-state index >= 15 is 0 Å². The molecule has 0 spiro atoms. The number of aromatic nitrogens is 2. The molecule has 0 saturated carbocycles. The number of aromatic amines is 1. The van der Waals surface area contributed by atoms with Gasteiger partial charge in [-0.3, -0.25) is 0 Å². The number of benzene rings is 1. The van der Waals surface area contributed by atoms with E-state index in [0.717, 1.165) is 0 Å². The van der Waals surface area contributed by atoms with E-state index < -0.39 is 5.60 Å². The standard InChI is InChI=1S/C11H11ClN2O2S/c1-11(2,9-13-14-10(17)15-9)16-8-5-3-7(12)4-6-8/h3-6H,1-2H3,(H,14,17). The van der Waals surface area contributed by atoms with Crippen LogP contribution in [0.1, 0.15) is 19.7 Å². The Morgan fingerprint density at radius 2 is 2.00 bits per heavy atom. The van der Waals surface area contributed by atoms with Crippen LogP contribution in [-0.4, -0.2) is 10.2 Å². The maximum Gasteiger partial charge on any atom is 0.284 e. The van der Waals surface area contributed by atoms with Gasteiger partial charge in [0.15, 0.2) is 5.60 Å². The van der Waals surface area contributed by atoms with E-state index in [2.05, 4.69) is 10.2 Å². The van der Waals surface area contributed by atoms with Crippen molar-refractivity contribution in [2.75, 3.05) is 0 Å². The van der Waals surface area contributed by atoms with Crippen molar-refractivity contribution in [2.24, 2.45) is 0 Å². The average molecular weight is 271 g/mol. The number of nitrogens with one attached hydrogen (secondary N) is 1. The molecule has 0 aliphatic heterocycles. The van der Waals surface area contributed by atoms with Crippen LogP contribution >= 0.6 is 23.8 Å². The SMILES string of the molecule is CC(C)(Oc1ccc(Cl)cc1)c1n[nH]c(=S)o1. The molecule has 0 aliphatic carbocycles. The maximum absolute atomic E-state index is 5.80. The Labute approximate surface area is 109 Å². The average Bonchev–Trinajstić information content (AvgIpc) is 2.69. The van der Waals surface area contributed by atoms with Crippen LogP contribution in [0.25, 0.3) is 0 Å². The number of ether oxygens (including phenoxy) is 1. The first-order valence-electron chi connectivity index (χ1n) is 4.98. The van der Waals surface area contributed by atoms with Crippen molar-refractivity contribution in [2.45, 2.75) is 19.4 Å². The van der Waals surface area contributed by atoms with Gasteiger partial charge in [0, 0.05) is 5.02 Å². The molecule has 1 aromatic heterocycles. The van der Waals surface area contributed by atoms with Gasteiger partial charge in [-0.2, -0.15) is 0 Å². The van der Waals surface area contributed by atoms with Crippen molar-refractivity contribution in [1.29, 1.82) is 0 Å². The van der Waals surface area contributed by atoms with E-state index in [4.69, 9.17) is 33.0 Å². The Morgan fingerprint density at radius 1 is 1.35 bits per heavy atom. The second-order valence-electron chi connectivity index (χ2n) is 3.98. The monoisotopic (exact) mass is 270 g/mol. The summed E-state index contributed by atoms with van der Waals surface area (Å²) in [5.41, 5.74) is -0.707. The third-order valence-corrected chi connectivity index (χ3v) is 2.57. The fourth-order valence-corrected chi connectivity index (χ4v) is 1.58. The van der Waals surface area contributed by atoms with Gasteiger partial charge in [-0.15, -0.1) is 5.10 Å². The number of rotatable bonds is 3. The summed E-state index contributed by atoms with van der Waals surface area (Å²) in [5, 5.41) is 7.18. The molecule has 0 bridgehead atoms. The second-order valence-corrected chi connectivity index (χ2v) is 4.79. The molecule has 1 N–H and O–H groups in total. The van der Waals surface area contributed by atoms with E-state index in [9.17, 15) is 0 Å². The predicted molar refractivity (Wildman–Crippen MR) is 66.8 cm³/mol. The fraction of sp³-hybridized carbons (Fsp3) is 0.273. The van der Waals surface area contributed by atoms with E-state index in [1.807, 2.05) is 13.8 Å². The lowest BCUT2D eigenvalue weighted by molar-refractivity contribution is 0.0758. The van der Waals surface area contributed by atoms with Crippen molar-refractivity contribution in [3.63, 3.8) is 0 Å². The minimum Gasteiger partial charge on any atom is -0.478 e. The molecule has 2 aromatic rings. The van der Waals surface area contributed by atoms with E-state index in [-0.39, 0.29) is 4.84 Å². The van der Waals surface area contributed by atoms with Gasteiger partial charge < -0.3 is 9.15 Å². The second kappa shape index (κ2) is 4.50. The highest BCUT2D eigenvalue weighted by Gasteiger charge is 2.28. The van der Waals surface area contributed by atoms with Gasteiger partial charge in [0.2, 0.25) is 0 Å². The summed E-state index contributed by atoms with van der Waals surface area (Å²) >= 11 is 10.6. The number of hydrogen-bond donors (Lipinski definition) is 1. The molecule has 17 heavy (non-hydrogen) atoms. The number of nitrogens with zero attached hydrogens (tertiary/aromatic N) is 1. The van der Waals surface area contributed by atoms with Gasteiger partial charge in [0.1, 0.15) is 5.75 Å². The smallest absolute Gasteiger partial charge is 0.284 e. The minimum atomic E-state index is -0.707. The summed E-state index contributed by atoms with van der Waals surface area (Å²) in [7, 11) is 0. The van der Waals surface area contributed by atoms with Gasteiger partial charge >= 0.3 is 0 Å². The third kappa shape index (κ3) is 2.87. The molecule has 0 fully saturated rings. The molecule has 0 amide bonds. The van der Waals surface area contributed by atoms with Crippen LogP contribution < -0.4 is 4.74 Å². The van der Waals surface area contributed by atoms with Gasteiger partial charge in [0.05, 0.1) is 0 Å². The Balaban J connectivity index is 2.22. The molecule has 0 radical (unpaired) electrons.